The van der Waals surface area contributed by atoms with E-state index in [9.17, 15) is 9.59 Å². The average Bonchev–Trinajstić information content (AvgIpc) is 2.87. The van der Waals surface area contributed by atoms with Crippen molar-refractivity contribution in [3.05, 3.63) is 53.3 Å². The molecule has 0 aliphatic carbocycles. The molecule has 0 saturated heterocycles. The summed E-state index contributed by atoms with van der Waals surface area (Å²) in [7, 11) is 1.72. The van der Waals surface area contributed by atoms with Gasteiger partial charge in [-0.2, -0.15) is 0 Å². The molecule has 3 rings (SSSR count). The number of aryl methyl sites for hydroxylation is 2. The van der Waals surface area contributed by atoms with Gasteiger partial charge in [-0.05, 0) is 29.4 Å². The monoisotopic (exact) mass is 315 g/mol. The van der Waals surface area contributed by atoms with E-state index in [4.69, 9.17) is 5.73 Å². The first-order chi connectivity index (χ1) is 10.6. The van der Waals surface area contributed by atoms with Crippen LogP contribution in [0.3, 0.4) is 0 Å². The van der Waals surface area contributed by atoms with Crippen LogP contribution in [0.15, 0.2) is 36.5 Å². The molecule has 1 aliphatic rings. The molecule has 0 unspecified atom stereocenters. The third-order valence-electron chi connectivity index (χ3n) is 3.76. The normalized spacial score (nSPS) is 16.9. The van der Waals surface area contributed by atoms with Crippen molar-refractivity contribution in [3.8, 4) is 0 Å². The van der Waals surface area contributed by atoms with Crippen LogP contribution < -0.4 is 11.1 Å². The minimum Gasteiger partial charge on any atom is -0.364 e. The van der Waals surface area contributed by atoms with Gasteiger partial charge in [0.15, 0.2) is 0 Å². The molecule has 22 heavy (non-hydrogen) atoms. The molecule has 0 bridgehead atoms. The van der Waals surface area contributed by atoms with Crippen LogP contribution in [0.5, 0.6) is 0 Å². The Morgan fingerprint density at radius 2 is 2.14 bits per heavy atom. The minimum absolute atomic E-state index is 0.0706. The zero-order valence-electron chi connectivity index (χ0n) is 12.2. The van der Waals surface area contributed by atoms with Gasteiger partial charge in [-0.3, -0.25) is 9.59 Å². The van der Waals surface area contributed by atoms with Gasteiger partial charge in [0, 0.05) is 13.2 Å². The highest BCUT2D eigenvalue weighted by Crippen LogP contribution is 2.37. The van der Waals surface area contributed by atoms with Crippen LogP contribution in [0.1, 0.15) is 26.9 Å². The van der Waals surface area contributed by atoms with Crippen LogP contribution >= 0.6 is 11.8 Å². The lowest BCUT2D eigenvalue weighted by Gasteiger charge is -2.24. The molecule has 3 N–H and O–H groups in total. The molecule has 1 aromatic carbocycles. The molecule has 0 fully saturated rings. The van der Waals surface area contributed by atoms with Crippen molar-refractivity contribution in [3.63, 3.8) is 0 Å². The van der Waals surface area contributed by atoms with E-state index in [2.05, 4.69) is 11.4 Å². The molecule has 114 valence electrons. The molecule has 1 atom stereocenters. The molecule has 1 aliphatic heterocycles. The summed E-state index contributed by atoms with van der Waals surface area (Å²) in [6.45, 7) is 0. The maximum Gasteiger partial charge on any atom is 0.265 e. The van der Waals surface area contributed by atoms with Crippen LogP contribution in [-0.4, -0.2) is 22.1 Å². The number of hydrogen-bond acceptors (Lipinski definition) is 3. The van der Waals surface area contributed by atoms with Crippen LogP contribution in [0.4, 0.5) is 5.69 Å². The van der Waals surface area contributed by atoms with Crippen molar-refractivity contribution in [2.24, 2.45) is 12.8 Å². The molecule has 0 saturated carbocycles. The Morgan fingerprint density at radius 1 is 1.36 bits per heavy atom. The quantitative estimate of drug-likeness (QED) is 0.910. The van der Waals surface area contributed by atoms with Gasteiger partial charge >= 0.3 is 0 Å². The number of anilines is 1. The smallest absolute Gasteiger partial charge is 0.265 e. The van der Waals surface area contributed by atoms with Crippen molar-refractivity contribution in [2.45, 2.75) is 11.7 Å². The molecule has 5 nitrogen and oxygen atoms in total. The van der Waals surface area contributed by atoms with E-state index in [-0.39, 0.29) is 11.2 Å². The number of aromatic nitrogens is 1. The zero-order chi connectivity index (χ0) is 15.7. The van der Waals surface area contributed by atoms with E-state index < -0.39 is 5.91 Å². The second-order valence-corrected chi connectivity index (χ2v) is 6.49. The maximum atomic E-state index is 12.6. The molecule has 1 aromatic heterocycles. The number of fused-ring (bicyclic) bond motifs is 1. The van der Waals surface area contributed by atoms with Gasteiger partial charge in [0.1, 0.15) is 10.9 Å². The number of carbonyl (C=O) groups excluding carboxylic acids is 2. The van der Waals surface area contributed by atoms with Crippen molar-refractivity contribution in [2.75, 3.05) is 11.1 Å². The summed E-state index contributed by atoms with van der Waals surface area (Å²) in [6, 6.07) is 9.63. The summed E-state index contributed by atoms with van der Waals surface area (Å²) in [6.07, 6.45) is 2.68. The third kappa shape index (κ3) is 2.74. The second kappa shape index (κ2) is 5.88. The highest BCUT2D eigenvalue weighted by Gasteiger charge is 2.27. The minimum atomic E-state index is -0.514. The van der Waals surface area contributed by atoms with Crippen LogP contribution in [0.2, 0.25) is 0 Å². The lowest BCUT2D eigenvalue weighted by Crippen LogP contribution is -2.22. The highest BCUT2D eigenvalue weighted by molar-refractivity contribution is 8.00. The van der Waals surface area contributed by atoms with Crippen molar-refractivity contribution < 1.29 is 9.59 Å². The molecule has 2 aromatic rings. The standard InChI is InChI=1S/C16H17N3O2S/c1-19-9-11(8-13(19)15(17)20)18-16(21)14-12-5-3-2-4-10(12)6-7-22-14/h2-5,8-9,14H,6-7H2,1H3,(H2,17,20)(H,18,21)/t14-/m1/s1. The zero-order valence-corrected chi connectivity index (χ0v) is 13.0. The number of amides is 2. The number of hydrogen-bond donors (Lipinski definition) is 2. The van der Waals surface area contributed by atoms with Gasteiger partial charge in [0.2, 0.25) is 5.91 Å². The Kier molecular flexibility index (Phi) is 3.94. The van der Waals surface area contributed by atoms with Crippen LogP contribution in [-0.2, 0) is 18.3 Å². The predicted molar refractivity (Wildman–Crippen MR) is 87.9 cm³/mol. The first kappa shape index (κ1) is 14.7. The third-order valence-corrected chi connectivity index (χ3v) is 5.00. The number of nitrogens with two attached hydrogens (primary N) is 1. The van der Waals surface area contributed by atoms with E-state index in [1.54, 1.807) is 35.6 Å². The molecule has 6 heteroatoms. The largest absolute Gasteiger partial charge is 0.364 e. The summed E-state index contributed by atoms with van der Waals surface area (Å²) in [4.78, 5) is 23.8. The molecule has 0 radical (unpaired) electrons. The van der Waals surface area contributed by atoms with Gasteiger partial charge in [-0.1, -0.05) is 24.3 Å². The predicted octanol–water partition coefficient (Wildman–Crippen LogP) is 2.09. The average molecular weight is 315 g/mol. The number of primary amides is 1. The van der Waals surface area contributed by atoms with Gasteiger partial charge < -0.3 is 15.6 Å². The fraction of sp³-hybridized carbons (Fsp3) is 0.250. The number of benzene rings is 1. The van der Waals surface area contributed by atoms with E-state index in [1.165, 1.54) is 5.56 Å². The number of nitrogens with one attached hydrogen (secondary N) is 1. The summed E-state index contributed by atoms with van der Waals surface area (Å²) >= 11 is 1.64. The highest BCUT2D eigenvalue weighted by atomic mass is 32.2. The molecule has 2 heterocycles. The lowest BCUT2D eigenvalue weighted by atomic mass is 10.0. The van der Waals surface area contributed by atoms with Crippen molar-refractivity contribution >= 4 is 29.3 Å². The van der Waals surface area contributed by atoms with E-state index in [1.807, 2.05) is 18.2 Å². The fourth-order valence-corrected chi connectivity index (χ4v) is 3.89. The summed E-state index contributed by atoms with van der Waals surface area (Å²) < 4.78 is 1.61. The first-order valence-electron chi connectivity index (χ1n) is 7.02. The number of nitrogens with zero attached hydrogens (tertiary/aromatic N) is 1. The maximum absolute atomic E-state index is 12.6. The molecular formula is C16H17N3O2S. The molecule has 0 spiro atoms. The Bertz CT molecular complexity index is 739. The van der Waals surface area contributed by atoms with E-state index in [0.29, 0.717) is 11.4 Å². The first-order valence-corrected chi connectivity index (χ1v) is 8.07. The van der Waals surface area contributed by atoms with Crippen LogP contribution in [0, 0.1) is 0 Å². The molecular weight excluding hydrogens is 298 g/mol. The fourth-order valence-electron chi connectivity index (χ4n) is 2.70. The topological polar surface area (TPSA) is 77.1 Å². The van der Waals surface area contributed by atoms with Crippen molar-refractivity contribution in [1.82, 2.24) is 4.57 Å². The Balaban J connectivity index is 1.81. The number of rotatable bonds is 3. The SMILES string of the molecule is Cn1cc(NC(=O)[C@@H]2SCCc3ccccc32)cc1C(N)=O. The van der Waals surface area contributed by atoms with E-state index in [0.717, 1.165) is 17.7 Å². The summed E-state index contributed by atoms with van der Waals surface area (Å²) in [5.74, 6) is 0.343. The second-order valence-electron chi connectivity index (χ2n) is 5.28. The summed E-state index contributed by atoms with van der Waals surface area (Å²) in [5, 5.41) is 2.66. The lowest BCUT2D eigenvalue weighted by molar-refractivity contribution is -0.115. The Hall–Kier alpha value is -2.21. The van der Waals surface area contributed by atoms with Crippen LogP contribution in [0.25, 0.3) is 0 Å². The number of carbonyl (C=O) groups is 2. The van der Waals surface area contributed by atoms with Gasteiger partial charge in [0.25, 0.3) is 5.91 Å². The van der Waals surface area contributed by atoms with Crippen molar-refractivity contribution in [1.29, 1.82) is 0 Å². The van der Waals surface area contributed by atoms with Gasteiger partial charge in [0.05, 0.1) is 5.69 Å². The molecule has 2 amide bonds. The summed E-state index contributed by atoms with van der Waals surface area (Å²) in [5.41, 5.74) is 8.54. The number of thioether (sulfide) groups is 1. The Morgan fingerprint density at radius 3 is 2.86 bits per heavy atom. The van der Waals surface area contributed by atoms with Gasteiger partial charge in [-0.15, -0.1) is 11.8 Å². The van der Waals surface area contributed by atoms with E-state index >= 15 is 0 Å². The van der Waals surface area contributed by atoms with Gasteiger partial charge in [-0.25, -0.2) is 0 Å². The Labute approximate surface area is 132 Å².